The number of rotatable bonds is 4. The zero-order valence-corrected chi connectivity index (χ0v) is 9.61. The van der Waals surface area contributed by atoms with E-state index in [9.17, 15) is 4.79 Å². The number of benzene rings is 1. The van der Waals surface area contributed by atoms with Gasteiger partial charge in [0.2, 0.25) is 0 Å². The molecule has 0 aromatic heterocycles. The molecule has 0 unspecified atom stereocenters. The zero-order chi connectivity index (χ0) is 11.3. The summed E-state index contributed by atoms with van der Waals surface area (Å²) in [5.74, 6) is -0.187. The second-order valence-electron chi connectivity index (χ2n) is 3.06. The van der Waals surface area contributed by atoms with Gasteiger partial charge in [-0.3, -0.25) is 4.79 Å². The van der Waals surface area contributed by atoms with E-state index in [1.54, 1.807) is 18.2 Å². The third-order valence-corrected chi connectivity index (χ3v) is 2.23. The van der Waals surface area contributed by atoms with Crippen LogP contribution in [0.4, 0.5) is 0 Å². The summed E-state index contributed by atoms with van der Waals surface area (Å²) in [6, 6.07) is 4.73. The van der Waals surface area contributed by atoms with E-state index in [1.807, 2.05) is 0 Å². The number of carbonyl (C=O) groups excluding carboxylic acids is 1. The molecule has 1 aromatic rings. The maximum Gasteiger partial charge on any atom is 0.251 e. The third kappa shape index (κ3) is 4.08. The van der Waals surface area contributed by atoms with E-state index in [1.165, 1.54) is 0 Å². The van der Waals surface area contributed by atoms with Crippen molar-refractivity contribution >= 4 is 29.1 Å². The largest absolute Gasteiger partial charge is 0.352 e. The molecule has 1 aromatic carbocycles. The fourth-order valence-electron chi connectivity index (χ4n) is 1.09. The average Bonchev–Trinajstić information content (AvgIpc) is 2.16. The predicted octanol–water partition coefficient (Wildman–Crippen LogP) is 2.07. The molecule has 5 heteroatoms. The molecule has 3 N–H and O–H groups in total. The molecule has 1 amide bonds. The molecule has 0 bridgehead atoms. The van der Waals surface area contributed by atoms with E-state index in [0.29, 0.717) is 28.7 Å². The highest BCUT2D eigenvalue weighted by Gasteiger charge is 2.06. The summed E-state index contributed by atoms with van der Waals surface area (Å²) >= 11 is 11.5. The number of nitrogens with one attached hydrogen (secondary N) is 1. The van der Waals surface area contributed by atoms with Gasteiger partial charge in [-0.25, -0.2) is 0 Å². The van der Waals surface area contributed by atoms with Gasteiger partial charge in [0.15, 0.2) is 0 Å². The van der Waals surface area contributed by atoms with Gasteiger partial charge in [-0.05, 0) is 31.2 Å². The molecule has 0 aliphatic heterocycles. The number of carbonyl (C=O) groups is 1. The molecule has 0 heterocycles. The van der Waals surface area contributed by atoms with Gasteiger partial charge in [-0.15, -0.1) is 0 Å². The molecule has 0 radical (unpaired) electrons. The van der Waals surface area contributed by atoms with Crippen molar-refractivity contribution in [1.29, 1.82) is 0 Å². The van der Waals surface area contributed by atoms with Gasteiger partial charge in [0.1, 0.15) is 0 Å². The first-order chi connectivity index (χ1) is 7.13. The molecule has 1 rings (SSSR count). The van der Waals surface area contributed by atoms with Gasteiger partial charge in [0.25, 0.3) is 5.91 Å². The summed E-state index contributed by atoms with van der Waals surface area (Å²) in [5, 5.41) is 3.62. The van der Waals surface area contributed by atoms with Crippen LogP contribution in [0.15, 0.2) is 18.2 Å². The molecule has 0 saturated heterocycles. The van der Waals surface area contributed by atoms with Gasteiger partial charge >= 0.3 is 0 Å². The van der Waals surface area contributed by atoms with E-state index < -0.39 is 0 Å². The highest BCUT2D eigenvalue weighted by molar-refractivity contribution is 6.35. The summed E-state index contributed by atoms with van der Waals surface area (Å²) in [4.78, 5) is 11.6. The summed E-state index contributed by atoms with van der Waals surface area (Å²) in [7, 11) is 0. The normalized spacial score (nSPS) is 10.1. The Labute approximate surface area is 98.5 Å². The first kappa shape index (κ1) is 12.3. The van der Waals surface area contributed by atoms with Gasteiger partial charge in [-0.1, -0.05) is 23.2 Å². The van der Waals surface area contributed by atoms with Gasteiger partial charge in [0.05, 0.1) is 0 Å². The monoisotopic (exact) mass is 246 g/mol. The number of hydrogen-bond donors (Lipinski definition) is 2. The molecular formula is C10H12Cl2N2O. The van der Waals surface area contributed by atoms with Crippen LogP contribution in [0.1, 0.15) is 16.8 Å². The molecule has 3 nitrogen and oxygen atoms in total. The van der Waals surface area contributed by atoms with Crippen LogP contribution >= 0.6 is 23.2 Å². The minimum atomic E-state index is -0.187. The van der Waals surface area contributed by atoms with Crippen LogP contribution in [-0.4, -0.2) is 19.0 Å². The predicted molar refractivity (Wildman–Crippen MR) is 62.5 cm³/mol. The highest BCUT2D eigenvalue weighted by atomic mass is 35.5. The fraction of sp³-hybridized carbons (Fsp3) is 0.300. The molecule has 15 heavy (non-hydrogen) atoms. The first-order valence-corrected chi connectivity index (χ1v) is 5.33. The molecule has 0 saturated carbocycles. The van der Waals surface area contributed by atoms with Crippen LogP contribution in [-0.2, 0) is 0 Å². The van der Waals surface area contributed by atoms with Crippen LogP contribution in [0.5, 0.6) is 0 Å². The maximum atomic E-state index is 11.6. The average molecular weight is 247 g/mol. The van der Waals surface area contributed by atoms with E-state index >= 15 is 0 Å². The Balaban J connectivity index is 2.65. The number of hydrogen-bond acceptors (Lipinski definition) is 2. The summed E-state index contributed by atoms with van der Waals surface area (Å²) in [5.41, 5.74) is 5.77. The Kier molecular flexibility index (Phi) is 4.88. The van der Waals surface area contributed by atoms with E-state index in [-0.39, 0.29) is 5.91 Å². The molecular weight excluding hydrogens is 235 g/mol. The van der Waals surface area contributed by atoms with Crippen molar-refractivity contribution in [2.45, 2.75) is 6.42 Å². The van der Waals surface area contributed by atoms with Crippen LogP contribution in [0.3, 0.4) is 0 Å². The summed E-state index contributed by atoms with van der Waals surface area (Å²) < 4.78 is 0. The zero-order valence-electron chi connectivity index (χ0n) is 8.09. The van der Waals surface area contributed by atoms with Crippen molar-refractivity contribution in [3.05, 3.63) is 33.8 Å². The van der Waals surface area contributed by atoms with Gasteiger partial charge in [0, 0.05) is 22.2 Å². The van der Waals surface area contributed by atoms with E-state index in [4.69, 9.17) is 28.9 Å². The molecule has 0 spiro atoms. The Morgan fingerprint density at radius 2 is 1.87 bits per heavy atom. The summed E-state index contributed by atoms with van der Waals surface area (Å²) in [6.45, 7) is 1.11. The lowest BCUT2D eigenvalue weighted by Crippen LogP contribution is -2.25. The number of nitrogens with two attached hydrogens (primary N) is 1. The SMILES string of the molecule is NCCCNC(=O)c1cc(Cl)cc(Cl)c1. The smallest absolute Gasteiger partial charge is 0.251 e. The van der Waals surface area contributed by atoms with Gasteiger partial charge in [-0.2, -0.15) is 0 Å². The number of halogens is 2. The highest BCUT2D eigenvalue weighted by Crippen LogP contribution is 2.18. The summed E-state index contributed by atoms with van der Waals surface area (Å²) in [6.07, 6.45) is 0.750. The van der Waals surface area contributed by atoms with Crippen LogP contribution in [0.25, 0.3) is 0 Å². The van der Waals surface area contributed by atoms with Crippen molar-refractivity contribution in [1.82, 2.24) is 5.32 Å². The van der Waals surface area contributed by atoms with Crippen molar-refractivity contribution in [2.24, 2.45) is 5.73 Å². The molecule has 82 valence electrons. The Bertz CT molecular complexity index is 335. The minimum Gasteiger partial charge on any atom is -0.352 e. The standard InChI is InChI=1S/C10H12Cl2N2O/c11-8-4-7(5-9(12)6-8)10(15)14-3-1-2-13/h4-6H,1-3,13H2,(H,14,15). The number of amides is 1. The van der Waals surface area contributed by atoms with E-state index in [0.717, 1.165) is 6.42 Å². The molecule has 0 aliphatic carbocycles. The second kappa shape index (κ2) is 5.95. The molecule has 0 fully saturated rings. The minimum absolute atomic E-state index is 0.187. The topological polar surface area (TPSA) is 55.1 Å². The lowest BCUT2D eigenvalue weighted by atomic mass is 10.2. The van der Waals surface area contributed by atoms with Crippen molar-refractivity contribution in [3.63, 3.8) is 0 Å². The lowest BCUT2D eigenvalue weighted by molar-refractivity contribution is 0.0953. The fourth-order valence-corrected chi connectivity index (χ4v) is 1.62. The third-order valence-electron chi connectivity index (χ3n) is 1.79. The first-order valence-electron chi connectivity index (χ1n) is 4.58. The van der Waals surface area contributed by atoms with Crippen molar-refractivity contribution in [3.8, 4) is 0 Å². The quantitative estimate of drug-likeness (QED) is 0.800. The molecule has 0 aliphatic rings. The van der Waals surface area contributed by atoms with Crippen LogP contribution < -0.4 is 11.1 Å². The lowest BCUT2D eigenvalue weighted by Gasteiger charge is -2.05. The Hall–Kier alpha value is -0.770. The van der Waals surface area contributed by atoms with Crippen LogP contribution in [0.2, 0.25) is 10.0 Å². The van der Waals surface area contributed by atoms with Crippen molar-refractivity contribution in [2.75, 3.05) is 13.1 Å². The molecule has 0 atom stereocenters. The maximum absolute atomic E-state index is 11.6. The van der Waals surface area contributed by atoms with E-state index in [2.05, 4.69) is 5.32 Å². The Morgan fingerprint density at radius 3 is 2.40 bits per heavy atom. The Morgan fingerprint density at radius 1 is 1.27 bits per heavy atom. The van der Waals surface area contributed by atoms with Crippen molar-refractivity contribution < 1.29 is 4.79 Å². The van der Waals surface area contributed by atoms with Crippen LogP contribution in [0, 0.1) is 0 Å². The second-order valence-corrected chi connectivity index (χ2v) is 3.93. The van der Waals surface area contributed by atoms with Gasteiger partial charge < -0.3 is 11.1 Å².